The second-order valence-electron chi connectivity index (χ2n) is 9.16. The van der Waals surface area contributed by atoms with E-state index in [0.717, 1.165) is 61.1 Å². The van der Waals surface area contributed by atoms with Gasteiger partial charge in [-0.1, -0.05) is 60.2 Å². The zero-order chi connectivity index (χ0) is 24.6. The first-order chi connectivity index (χ1) is 17.1. The Morgan fingerprint density at radius 1 is 0.943 bits per heavy atom. The maximum Gasteiger partial charge on any atom is 0.161 e. The molecule has 0 radical (unpaired) electrons. The Morgan fingerprint density at radius 3 is 2.40 bits per heavy atom. The van der Waals surface area contributed by atoms with Crippen LogP contribution in [0.3, 0.4) is 0 Å². The third-order valence-corrected chi connectivity index (χ3v) is 6.35. The number of β-amino-alcohol motifs (C(OH)–C–C–N with tert-alkyl or cyclic N) is 1. The molecule has 0 spiro atoms. The predicted octanol–water partition coefficient (Wildman–Crippen LogP) is 3.32. The van der Waals surface area contributed by atoms with Crippen LogP contribution in [-0.4, -0.2) is 79.6 Å². The summed E-state index contributed by atoms with van der Waals surface area (Å²) < 4.78 is 10.7. The fourth-order valence-electron chi connectivity index (χ4n) is 4.64. The number of nitrogens with zero attached hydrogens (tertiary/aromatic N) is 4. The second-order valence-corrected chi connectivity index (χ2v) is 9.16. The summed E-state index contributed by atoms with van der Waals surface area (Å²) in [6.07, 6.45) is 0.276. The molecule has 0 amide bonds. The van der Waals surface area contributed by atoms with Crippen molar-refractivity contribution in [1.82, 2.24) is 14.9 Å². The molecule has 2 heterocycles. The summed E-state index contributed by atoms with van der Waals surface area (Å²) in [6, 6.07) is 18.7. The molecule has 186 valence electrons. The molecular formula is C28H36N4O3. The van der Waals surface area contributed by atoms with Crippen molar-refractivity contribution in [2.45, 2.75) is 26.1 Å². The fourth-order valence-corrected chi connectivity index (χ4v) is 4.64. The summed E-state index contributed by atoms with van der Waals surface area (Å²) in [7, 11) is 3.33. The van der Waals surface area contributed by atoms with Crippen molar-refractivity contribution >= 4 is 5.82 Å². The van der Waals surface area contributed by atoms with Crippen molar-refractivity contribution in [3.63, 3.8) is 0 Å². The Labute approximate surface area is 208 Å². The van der Waals surface area contributed by atoms with Crippen molar-refractivity contribution in [1.29, 1.82) is 0 Å². The van der Waals surface area contributed by atoms with Crippen LogP contribution in [0.15, 0.2) is 54.6 Å². The minimum Gasteiger partial charge on any atom is -0.389 e. The van der Waals surface area contributed by atoms with Gasteiger partial charge in [0.1, 0.15) is 5.82 Å². The number of ether oxygens (including phenoxy) is 2. The Bertz CT molecular complexity index is 1080. The van der Waals surface area contributed by atoms with Crippen LogP contribution in [0.25, 0.3) is 11.4 Å². The van der Waals surface area contributed by atoms with Crippen LogP contribution in [0, 0.1) is 6.92 Å². The first-order valence-corrected chi connectivity index (χ1v) is 12.2. The molecule has 2 aromatic carbocycles. The predicted molar refractivity (Wildman–Crippen MR) is 139 cm³/mol. The highest BCUT2D eigenvalue weighted by molar-refractivity contribution is 5.61. The summed E-state index contributed by atoms with van der Waals surface area (Å²) in [5, 5.41) is 10.2. The lowest BCUT2D eigenvalue weighted by atomic mass is 10.0. The van der Waals surface area contributed by atoms with E-state index in [4.69, 9.17) is 19.4 Å². The van der Waals surface area contributed by atoms with Crippen molar-refractivity contribution in [3.05, 3.63) is 77.0 Å². The van der Waals surface area contributed by atoms with E-state index in [2.05, 4.69) is 41.0 Å². The van der Waals surface area contributed by atoms with Gasteiger partial charge in [0.15, 0.2) is 5.82 Å². The van der Waals surface area contributed by atoms with Gasteiger partial charge < -0.3 is 19.5 Å². The molecule has 3 aromatic rings. The SMILES string of the molecule is COCc1nc(-c2ccccc2)nc(N2CCN(C[C@H](O)COC)CC2)c1Cc1cccc(C)c1. The molecule has 1 fully saturated rings. The average Bonchev–Trinajstić information content (AvgIpc) is 2.86. The first-order valence-electron chi connectivity index (χ1n) is 12.2. The Kier molecular flexibility index (Phi) is 8.82. The van der Waals surface area contributed by atoms with Gasteiger partial charge in [-0.15, -0.1) is 0 Å². The number of aryl methyl sites for hydroxylation is 1. The van der Waals surface area contributed by atoms with Gasteiger partial charge in [0.05, 0.1) is 25.0 Å². The zero-order valence-corrected chi connectivity index (χ0v) is 21.0. The number of anilines is 1. The highest BCUT2D eigenvalue weighted by Gasteiger charge is 2.25. The molecule has 0 unspecified atom stereocenters. The molecule has 1 saturated heterocycles. The molecule has 1 aliphatic rings. The van der Waals surface area contributed by atoms with Crippen LogP contribution in [0.5, 0.6) is 0 Å². The van der Waals surface area contributed by atoms with Gasteiger partial charge >= 0.3 is 0 Å². The zero-order valence-electron chi connectivity index (χ0n) is 21.0. The number of methoxy groups -OCH3 is 2. The van der Waals surface area contributed by atoms with E-state index in [1.807, 2.05) is 30.3 Å². The van der Waals surface area contributed by atoms with Crippen molar-refractivity contribution in [3.8, 4) is 11.4 Å². The van der Waals surface area contributed by atoms with E-state index in [9.17, 15) is 5.11 Å². The van der Waals surface area contributed by atoms with E-state index in [-0.39, 0.29) is 0 Å². The Balaban J connectivity index is 1.68. The van der Waals surface area contributed by atoms with Crippen molar-refractivity contribution < 1.29 is 14.6 Å². The van der Waals surface area contributed by atoms with Gasteiger partial charge in [-0.2, -0.15) is 0 Å². The van der Waals surface area contributed by atoms with E-state index < -0.39 is 6.10 Å². The number of aliphatic hydroxyl groups is 1. The molecule has 1 N–H and O–H groups in total. The number of aliphatic hydroxyl groups excluding tert-OH is 1. The van der Waals surface area contributed by atoms with Crippen LogP contribution in [0.4, 0.5) is 5.82 Å². The molecule has 4 rings (SSSR count). The summed E-state index contributed by atoms with van der Waals surface area (Å²) in [4.78, 5) is 14.7. The molecule has 1 aromatic heterocycles. The molecule has 0 saturated carbocycles. The molecule has 0 aliphatic carbocycles. The smallest absolute Gasteiger partial charge is 0.161 e. The number of rotatable bonds is 10. The van der Waals surface area contributed by atoms with Gasteiger partial charge in [0.2, 0.25) is 0 Å². The highest BCUT2D eigenvalue weighted by atomic mass is 16.5. The molecular weight excluding hydrogens is 440 g/mol. The maximum atomic E-state index is 10.2. The third-order valence-electron chi connectivity index (χ3n) is 6.35. The lowest BCUT2D eigenvalue weighted by Crippen LogP contribution is -2.49. The topological polar surface area (TPSA) is 71.0 Å². The van der Waals surface area contributed by atoms with Gasteiger partial charge in [-0.3, -0.25) is 4.90 Å². The molecule has 0 bridgehead atoms. The molecule has 35 heavy (non-hydrogen) atoms. The summed E-state index contributed by atoms with van der Waals surface area (Å²) in [5.74, 6) is 1.70. The lowest BCUT2D eigenvalue weighted by Gasteiger charge is -2.37. The van der Waals surface area contributed by atoms with E-state index in [1.165, 1.54) is 11.1 Å². The summed E-state index contributed by atoms with van der Waals surface area (Å²) in [6.45, 7) is 6.89. The van der Waals surface area contributed by atoms with E-state index in [1.54, 1.807) is 14.2 Å². The first kappa shape index (κ1) is 25.3. The van der Waals surface area contributed by atoms with Crippen molar-refractivity contribution in [2.75, 3.05) is 58.5 Å². The standard InChI is InChI=1S/C28H36N4O3/c1-21-8-7-9-22(16-21)17-25-26(20-35-3)29-27(23-10-5-4-6-11-23)30-28(25)32-14-12-31(13-15-32)18-24(33)19-34-2/h4-11,16,24,33H,12-15,17-20H2,1-3H3/t24-/m0/s1. The van der Waals surface area contributed by atoms with Gasteiger partial charge in [-0.25, -0.2) is 9.97 Å². The number of aromatic nitrogens is 2. The quantitative estimate of drug-likeness (QED) is 0.481. The molecule has 7 nitrogen and oxygen atoms in total. The van der Waals surface area contributed by atoms with Crippen LogP contribution in [-0.2, 0) is 22.5 Å². The number of hydrogen-bond donors (Lipinski definition) is 1. The maximum absolute atomic E-state index is 10.2. The number of piperazine rings is 1. The van der Waals surface area contributed by atoms with Crippen LogP contribution in [0.2, 0.25) is 0 Å². The largest absolute Gasteiger partial charge is 0.389 e. The number of hydrogen-bond acceptors (Lipinski definition) is 7. The lowest BCUT2D eigenvalue weighted by molar-refractivity contribution is 0.0365. The van der Waals surface area contributed by atoms with Gasteiger partial charge in [-0.05, 0) is 12.5 Å². The van der Waals surface area contributed by atoms with E-state index >= 15 is 0 Å². The van der Waals surface area contributed by atoms with Crippen LogP contribution in [0.1, 0.15) is 22.4 Å². The minimum atomic E-state index is -0.472. The third kappa shape index (κ3) is 6.64. The number of benzene rings is 2. The molecule has 1 atom stereocenters. The molecule has 1 aliphatic heterocycles. The summed E-state index contributed by atoms with van der Waals surface area (Å²) >= 11 is 0. The van der Waals surface area contributed by atoms with E-state index in [0.29, 0.717) is 19.8 Å². The normalized spacial score (nSPS) is 15.4. The van der Waals surface area contributed by atoms with Gasteiger partial charge in [0, 0.05) is 64.5 Å². The highest BCUT2D eigenvalue weighted by Crippen LogP contribution is 2.29. The van der Waals surface area contributed by atoms with Crippen LogP contribution >= 0.6 is 0 Å². The average molecular weight is 477 g/mol. The monoisotopic (exact) mass is 476 g/mol. The van der Waals surface area contributed by atoms with Crippen LogP contribution < -0.4 is 4.90 Å². The Hall–Kier alpha value is -2.84. The molecule has 7 heteroatoms. The second kappa shape index (κ2) is 12.2. The summed E-state index contributed by atoms with van der Waals surface area (Å²) in [5.41, 5.74) is 5.51. The van der Waals surface area contributed by atoms with Crippen molar-refractivity contribution in [2.24, 2.45) is 0 Å². The Morgan fingerprint density at radius 2 is 1.71 bits per heavy atom. The fraction of sp³-hybridized carbons (Fsp3) is 0.429. The van der Waals surface area contributed by atoms with Gasteiger partial charge in [0.25, 0.3) is 0 Å². The minimum absolute atomic E-state index is 0.355.